The fraction of sp³-hybridized carbons (Fsp3) is 0.462. The molecule has 2 rings (SSSR count). The van der Waals surface area contributed by atoms with Gasteiger partial charge in [0.25, 0.3) is 0 Å². The van der Waals surface area contributed by atoms with Gasteiger partial charge in [-0.15, -0.1) is 0 Å². The van der Waals surface area contributed by atoms with E-state index < -0.39 is 0 Å². The third kappa shape index (κ3) is 2.64. The van der Waals surface area contributed by atoms with Crippen molar-refractivity contribution in [2.45, 2.75) is 25.4 Å². The number of amides is 1. The van der Waals surface area contributed by atoms with Crippen molar-refractivity contribution in [3.63, 3.8) is 0 Å². The normalized spacial score (nSPS) is 21.9. The number of nitrogens with zero attached hydrogens (tertiary/aromatic N) is 1. The number of hydrogen-bond acceptors (Lipinski definition) is 2. The van der Waals surface area contributed by atoms with Gasteiger partial charge >= 0.3 is 0 Å². The van der Waals surface area contributed by atoms with Crippen LogP contribution in [0.15, 0.2) is 24.3 Å². The molecule has 4 heteroatoms. The van der Waals surface area contributed by atoms with E-state index in [2.05, 4.69) is 5.32 Å². The number of rotatable bonds is 3. The molecule has 2 atom stereocenters. The molecule has 1 saturated heterocycles. The molecule has 0 bridgehead atoms. The van der Waals surface area contributed by atoms with Crippen LogP contribution >= 0.6 is 0 Å². The first-order chi connectivity index (χ1) is 8.08. The Morgan fingerprint density at radius 3 is 2.88 bits per heavy atom. The zero-order valence-corrected chi connectivity index (χ0v) is 10.1. The van der Waals surface area contributed by atoms with Crippen LogP contribution in [0.25, 0.3) is 0 Å². The van der Waals surface area contributed by atoms with Gasteiger partial charge in [-0.2, -0.15) is 0 Å². The van der Waals surface area contributed by atoms with E-state index in [-0.39, 0.29) is 23.8 Å². The largest absolute Gasteiger partial charge is 0.344 e. The molecule has 1 amide bonds. The molecule has 0 aliphatic carbocycles. The van der Waals surface area contributed by atoms with Gasteiger partial charge in [-0.05, 0) is 31.0 Å². The van der Waals surface area contributed by atoms with Crippen LogP contribution in [0.4, 0.5) is 4.39 Å². The van der Waals surface area contributed by atoms with Crippen LogP contribution < -0.4 is 5.32 Å². The highest BCUT2D eigenvalue weighted by atomic mass is 19.1. The molecule has 0 radical (unpaired) electrons. The van der Waals surface area contributed by atoms with E-state index in [1.165, 1.54) is 12.1 Å². The highest BCUT2D eigenvalue weighted by molar-refractivity contribution is 5.83. The second-order valence-electron chi connectivity index (χ2n) is 4.54. The van der Waals surface area contributed by atoms with E-state index in [0.29, 0.717) is 0 Å². The van der Waals surface area contributed by atoms with Gasteiger partial charge in [0.05, 0.1) is 6.04 Å². The average molecular weight is 236 g/mol. The second kappa shape index (κ2) is 4.84. The van der Waals surface area contributed by atoms with Gasteiger partial charge in [-0.25, -0.2) is 4.39 Å². The molecule has 0 spiro atoms. The Balaban J connectivity index is 2.02. The van der Waals surface area contributed by atoms with Crippen LogP contribution in [-0.4, -0.2) is 30.4 Å². The molecule has 1 aromatic carbocycles. The fourth-order valence-electron chi connectivity index (χ4n) is 2.15. The van der Waals surface area contributed by atoms with Crippen molar-refractivity contribution >= 4 is 5.91 Å². The summed E-state index contributed by atoms with van der Waals surface area (Å²) in [5.74, 6) is -0.126. The van der Waals surface area contributed by atoms with Crippen molar-refractivity contribution in [3.8, 4) is 0 Å². The number of likely N-dealkylation sites (N-methyl/N-ethyl adjacent to an activating group) is 1. The lowest BCUT2D eigenvalue weighted by molar-refractivity contribution is -0.128. The van der Waals surface area contributed by atoms with Gasteiger partial charge < -0.3 is 4.90 Å². The van der Waals surface area contributed by atoms with Gasteiger partial charge in [0.1, 0.15) is 5.82 Å². The minimum atomic E-state index is -0.244. The van der Waals surface area contributed by atoms with E-state index >= 15 is 0 Å². The summed E-state index contributed by atoms with van der Waals surface area (Å²) < 4.78 is 13.1. The smallest absolute Gasteiger partial charge is 0.239 e. The lowest BCUT2D eigenvalue weighted by atomic mass is 10.1. The van der Waals surface area contributed by atoms with Crippen molar-refractivity contribution in [1.29, 1.82) is 0 Å². The molecule has 1 aromatic rings. The summed E-state index contributed by atoms with van der Waals surface area (Å²) >= 11 is 0. The molecule has 1 aliphatic rings. The van der Waals surface area contributed by atoms with E-state index in [0.717, 1.165) is 18.5 Å². The van der Waals surface area contributed by atoms with Crippen LogP contribution in [0.5, 0.6) is 0 Å². The number of nitrogens with one attached hydrogen (secondary N) is 1. The fourth-order valence-corrected chi connectivity index (χ4v) is 2.15. The van der Waals surface area contributed by atoms with Crippen molar-refractivity contribution in [2.24, 2.45) is 0 Å². The van der Waals surface area contributed by atoms with Crippen molar-refractivity contribution in [3.05, 3.63) is 35.6 Å². The number of benzene rings is 1. The summed E-state index contributed by atoms with van der Waals surface area (Å²) in [5.41, 5.74) is 0.868. The van der Waals surface area contributed by atoms with Crippen molar-refractivity contribution in [1.82, 2.24) is 10.2 Å². The SMILES string of the molecule is C[C@@H](NC1CCN(C)C1=O)c1cccc(F)c1. The van der Waals surface area contributed by atoms with Gasteiger partial charge in [-0.3, -0.25) is 10.1 Å². The first-order valence-corrected chi connectivity index (χ1v) is 5.84. The first kappa shape index (κ1) is 12.0. The molecule has 0 saturated carbocycles. The van der Waals surface area contributed by atoms with Crippen molar-refractivity contribution in [2.75, 3.05) is 13.6 Å². The molecular weight excluding hydrogens is 219 g/mol. The topological polar surface area (TPSA) is 32.3 Å². The maximum atomic E-state index is 13.1. The predicted molar refractivity (Wildman–Crippen MR) is 64.0 cm³/mol. The third-order valence-electron chi connectivity index (χ3n) is 3.23. The number of carbonyl (C=O) groups excluding carboxylic acids is 1. The predicted octanol–water partition coefficient (Wildman–Crippen LogP) is 1.71. The lowest BCUT2D eigenvalue weighted by Crippen LogP contribution is -2.38. The van der Waals surface area contributed by atoms with Gasteiger partial charge in [0.15, 0.2) is 0 Å². The molecule has 0 aromatic heterocycles. The summed E-state index contributed by atoms with van der Waals surface area (Å²) in [6.07, 6.45) is 0.814. The minimum absolute atomic E-state index is 0.0221. The zero-order chi connectivity index (χ0) is 12.4. The van der Waals surface area contributed by atoms with Gasteiger partial charge in [0.2, 0.25) is 5.91 Å². The van der Waals surface area contributed by atoms with Crippen LogP contribution in [0.1, 0.15) is 24.9 Å². The lowest BCUT2D eigenvalue weighted by Gasteiger charge is -2.18. The maximum Gasteiger partial charge on any atom is 0.239 e. The van der Waals surface area contributed by atoms with Gasteiger partial charge in [0, 0.05) is 19.6 Å². The van der Waals surface area contributed by atoms with Crippen LogP contribution in [0.3, 0.4) is 0 Å². The molecule has 17 heavy (non-hydrogen) atoms. The molecule has 1 aliphatic heterocycles. The molecule has 1 fully saturated rings. The molecule has 1 heterocycles. The number of likely N-dealkylation sites (tertiary alicyclic amines) is 1. The molecule has 3 nitrogen and oxygen atoms in total. The van der Waals surface area contributed by atoms with Gasteiger partial charge in [-0.1, -0.05) is 12.1 Å². The molecule has 1 unspecified atom stereocenters. The van der Waals surface area contributed by atoms with E-state index in [1.807, 2.05) is 13.0 Å². The Hall–Kier alpha value is -1.42. The summed E-state index contributed by atoms with van der Waals surface area (Å²) in [5, 5.41) is 3.24. The maximum absolute atomic E-state index is 13.1. The van der Waals surface area contributed by atoms with Crippen LogP contribution in [0.2, 0.25) is 0 Å². The Kier molecular flexibility index (Phi) is 3.43. The summed E-state index contributed by atoms with van der Waals surface area (Å²) in [7, 11) is 1.80. The third-order valence-corrected chi connectivity index (χ3v) is 3.23. The highest BCUT2D eigenvalue weighted by Gasteiger charge is 2.29. The second-order valence-corrected chi connectivity index (χ2v) is 4.54. The molecular formula is C13H17FN2O. The van der Waals surface area contributed by atoms with Crippen molar-refractivity contribution < 1.29 is 9.18 Å². The molecule has 1 N–H and O–H groups in total. The zero-order valence-electron chi connectivity index (χ0n) is 10.1. The van der Waals surface area contributed by atoms with E-state index in [4.69, 9.17) is 0 Å². The Bertz CT molecular complexity index is 422. The Labute approximate surface area is 101 Å². The minimum Gasteiger partial charge on any atom is -0.344 e. The first-order valence-electron chi connectivity index (χ1n) is 5.84. The number of hydrogen-bond donors (Lipinski definition) is 1. The summed E-state index contributed by atoms with van der Waals surface area (Å²) in [4.78, 5) is 13.4. The Morgan fingerprint density at radius 1 is 1.53 bits per heavy atom. The molecule has 92 valence electrons. The standard InChI is InChI=1S/C13H17FN2O/c1-9(10-4-3-5-11(14)8-10)15-12-6-7-16(2)13(12)17/h3-5,8-9,12,15H,6-7H2,1-2H3/t9-,12?/m1/s1. The Morgan fingerprint density at radius 2 is 2.29 bits per heavy atom. The highest BCUT2D eigenvalue weighted by Crippen LogP contribution is 2.17. The average Bonchev–Trinajstić information content (AvgIpc) is 2.61. The number of carbonyl (C=O) groups is 1. The monoisotopic (exact) mass is 236 g/mol. The summed E-state index contributed by atoms with van der Waals surface area (Å²) in [6.45, 7) is 2.73. The van der Waals surface area contributed by atoms with Crippen LogP contribution in [0, 0.1) is 5.82 Å². The van der Waals surface area contributed by atoms with E-state index in [1.54, 1.807) is 18.0 Å². The van der Waals surface area contributed by atoms with E-state index in [9.17, 15) is 9.18 Å². The quantitative estimate of drug-likeness (QED) is 0.866. The number of halogens is 1. The summed E-state index contributed by atoms with van der Waals surface area (Å²) in [6, 6.07) is 6.31. The van der Waals surface area contributed by atoms with Crippen LogP contribution in [-0.2, 0) is 4.79 Å².